The Morgan fingerprint density at radius 1 is 1.70 bits per heavy atom. The van der Waals surface area contributed by atoms with E-state index in [1.54, 1.807) is 6.92 Å². The van der Waals surface area contributed by atoms with Crippen LogP contribution in [0.2, 0.25) is 0 Å². The average Bonchev–Trinajstić information content (AvgIpc) is 1.86. The summed E-state index contributed by atoms with van der Waals surface area (Å²) in [5, 5.41) is -0.618. The van der Waals surface area contributed by atoms with Gasteiger partial charge in [0.2, 0.25) is 0 Å². The zero-order valence-electron chi connectivity index (χ0n) is 6.20. The van der Waals surface area contributed by atoms with Crippen molar-refractivity contribution in [2.45, 2.75) is 19.1 Å². The van der Waals surface area contributed by atoms with Gasteiger partial charge in [-0.05, 0) is 13.8 Å². The van der Waals surface area contributed by atoms with Gasteiger partial charge >= 0.3 is 0 Å². The fourth-order valence-corrected chi connectivity index (χ4v) is 1.17. The molecule has 60 valence electrons. The lowest BCUT2D eigenvalue weighted by atomic mass is 10.5. The topological polar surface area (TPSA) is 43.4 Å². The molecule has 0 saturated carbocycles. The van der Waals surface area contributed by atoms with E-state index in [1.165, 1.54) is 13.0 Å². The van der Waals surface area contributed by atoms with Crippen LogP contribution in [0.25, 0.3) is 0 Å². The highest BCUT2D eigenvalue weighted by molar-refractivity contribution is 7.87. The summed E-state index contributed by atoms with van der Waals surface area (Å²) in [6.45, 7) is 6.69. The molecule has 10 heavy (non-hydrogen) atoms. The minimum Gasteiger partial charge on any atom is -0.270 e. The summed E-state index contributed by atoms with van der Waals surface area (Å²) < 4.78 is 26.2. The second kappa shape index (κ2) is 3.73. The van der Waals surface area contributed by atoms with Gasteiger partial charge in [-0.2, -0.15) is 8.42 Å². The number of rotatable bonds is 4. The first-order valence-electron chi connectivity index (χ1n) is 3.05. The van der Waals surface area contributed by atoms with E-state index in [2.05, 4.69) is 10.8 Å². The number of hydrogen-bond donors (Lipinski definition) is 0. The van der Waals surface area contributed by atoms with Gasteiger partial charge in [0.05, 0.1) is 6.61 Å². The van der Waals surface area contributed by atoms with E-state index in [1.807, 2.05) is 0 Å². The monoisotopic (exact) mass is 164 g/mol. The van der Waals surface area contributed by atoms with Crippen LogP contribution in [0.5, 0.6) is 0 Å². The molecule has 0 heterocycles. The van der Waals surface area contributed by atoms with Crippen molar-refractivity contribution in [3.63, 3.8) is 0 Å². The van der Waals surface area contributed by atoms with E-state index in [-0.39, 0.29) is 6.61 Å². The first-order chi connectivity index (χ1) is 4.54. The van der Waals surface area contributed by atoms with Gasteiger partial charge in [0.25, 0.3) is 10.1 Å². The van der Waals surface area contributed by atoms with Crippen molar-refractivity contribution in [1.29, 1.82) is 0 Å². The van der Waals surface area contributed by atoms with Gasteiger partial charge in [-0.1, -0.05) is 6.08 Å². The normalized spacial score (nSPS) is 14.6. The molecule has 0 aliphatic carbocycles. The largest absolute Gasteiger partial charge is 0.273 e. The molecule has 0 aromatic heterocycles. The molecule has 3 nitrogen and oxygen atoms in total. The molecule has 0 aromatic rings. The van der Waals surface area contributed by atoms with Gasteiger partial charge < -0.3 is 0 Å². The summed E-state index contributed by atoms with van der Waals surface area (Å²) in [6.07, 6.45) is 1.34. The Kier molecular flexibility index (Phi) is 3.60. The van der Waals surface area contributed by atoms with Crippen LogP contribution in [0.15, 0.2) is 12.7 Å². The van der Waals surface area contributed by atoms with E-state index in [9.17, 15) is 8.42 Å². The molecule has 0 radical (unpaired) electrons. The molecule has 0 N–H and O–H groups in total. The van der Waals surface area contributed by atoms with Crippen molar-refractivity contribution in [3.8, 4) is 0 Å². The Morgan fingerprint density at radius 2 is 2.20 bits per heavy atom. The highest BCUT2D eigenvalue weighted by Gasteiger charge is 2.16. The van der Waals surface area contributed by atoms with E-state index in [0.717, 1.165) is 0 Å². The van der Waals surface area contributed by atoms with Gasteiger partial charge in [0.15, 0.2) is 0 Å². The van der Waals surface area contributed by atoms with Crippen molar-refractivity contribution in [2.24, 2.45) is 0 Å². The summed E-state index contributed by atoms with van der Waals surface area (Å²) >= 11 is 0. The number of hydrogen-bond acceptors (Lipinski definition) is 3. The first-order valence-corrected chi connectivity index (χ1v) is 4.52. The maximum Gasteiger partial charge on any atom is 0.273 e. The standard InChI is InChI=1S/C6H12O3S/c1-4-6(3)10(7,8)9-5-2/h4,6H,1,5H2,2-3H3. The third-order valence-corrected chi connectivity index (χ3v) is 2.74. The van der Waals surface area contributed by atoms with E-state index in [4.69, 9.17) is 0 Å². The third-order valence-electron chi connectivity index (χ3n) is 1.07. The highest BCUT2D eigenvalue weighted by atomic mass is 32.2. The second-order valence-corrected chi connectivity index (χ2v) is 3.81. The predicted molar refractivity (Wildman–Crippen MR) is 40.2 cm³/mol. The lowest BCUT2D eigenvalue weighted by molar-refractivity contribution is 0.335. The minimum absolute atomic E-state index is 0.181. The fraction of sp³-hybridized carbons (Fsp3) is 0.667. The Hall–Kier alpha value is -0.350. The van der Waals surface area contributed by atoms with Crippen LogP contribution in [0.3, 0.4) is 0 Å². The van der Waals surface area contributed by atoms with Crippen LogP contribution in [0, 0.1) is 0 Å². The molecular weight excluding hydrogens is 152 g/mol. The smallest absolute Gasteiger partial charge is 0.270 e. The van der Waals surface area contributed by atoms with Gasteiger partial charge in [-0.3, -0.25) is 4.18 Å². The first kappa shape index (κ1) is 9.65. The molecule has 1 unspecified atom stereocenters. The second-order valence-electron chi connectivity index (χ2n) is 1.84. The van der Waals surface area contributed by atoms with Crippen LogP contribution in [-0.4, -0.2) is 20.3 Å². The summed E-state index contributed by atoms with van der Waals surface area (Å²) in [6, 6.07) is 0. The molecule has 0 amide bonds. The zero-order valence-corrected chi connectivity index (χ0v) is 7.02. The van der Waals surface area contributed by atoms with Crippen LogP contribution < -0.4 is 0 Å². The highest BCUT2D eigenvalue weighted by Crippen LogP contribution is 2.03. The van der Waals surface area contributed by atoms with Crippen molar-refractivity contribution in [3.05, 3.63) is 12.7 Å². The van der Waals surface area contributed by atoms with Crippen molar-refractivity contribution >= 4 is 10.1 Å². The van der Waals surface area contributed by atoms with E-state index >= 15 is 0 Å². The minimum atomic E-state index is -3.38. The fourth-order valence-electron chi connectivity index (χ4n) is 0.389. The van der Waals surface area contributed by atoms with E-state index < -0.39 is 15.4 Å². The Bertz CT molecular complexity index is 193. The maximum absolute atomic E-state index is 10.9. The molecule has 0 saturated heterocycles. The van der Waals surface area contributed by atoms with Gasteiger partial charge in [0.1, 0.15) is 5.25 Å². The molecular formula is C6H12O3S. The lowest BCUT2D eigenvalue weighted by Gasteiger charge is -2.05. The average molecular weight is 164 g/mol. The van der Waals surface area contributed by atoms with Gasteiger partial charge in [0, 0.05) is 0 Å². The Morgan fingerprint density at radius 3 is 2.50 bits per heavy atom. The third kappa shape index (κ3) is 2.49. The molecule has 0 rings (SSSR count). The maximum atomic E-state index is 10.9. The predicted octanol–water partition coefficient (Wildman–Crippen LogP) is 0.927. The SMILES string of the molecule is C=CC(C)S(=O)(=O)OCC. The molecule has 0 bridgehead atoms. The molecule has 0 fully saturated rings. The lowest BCUT2D eigenvalue weighted by Crippen LogP contribution is -2.17. The van der Waals surface area contributed by atoms with Crippen LogP contribution in [-0.2, 0) is 14.3 Å². The summed E-state index contributed by atoms with van der Waals surface area (Å²) in [5.41, 5.74) is 0. The molecule has 0 aromatic carbocycles. The Balaban J connectivity index is 4.26. The zero-order chi connectivity index (χ0) is 8.20. The van der Waals surface area contributed by atoms with Crippen molar-refractivity contribution in [1.82, 2.24) is 0 Å². The van der Waals surface area contributed by atoms with Gasteiger partial charge in [-0.25, -0.2) is 0 Å². The molecule has 0 spiro atoms. The summed E-state index contributed by atoms with van der Waals surface area (Å²) in [4.78, 5) is 0. The van der Waals surface area contributed by atoms with Crippen molar-refractivity contribution in [2.75, 3.05) is 6.61 Å². The van der Waals surface area contributed by atoms with Crippen LogP contribution in [0.4, 0.5) is 0 Å². The van der Waals surface area contributed by atoms with Gasteiger partial charge in [-0.15, -0.1) is 6.58 Å². The molecule has 1 atom stereocenters. The van der Waals surface area contributed by atoms with Crippen LogP contribution >= 0.6 is 0 Å². The quantitative estimate of drug-likeness (QED) is 0.458. The molecule has 0 aliphatic rings. The summed E-state index contributed by atoms with van der Waals surface area (Å²) in [5.74, 6) is 0. The molecule has 4 heteroatoms. The summed E-state index contributed by atoms with van der Waals surface area (Å²) in [7, 11) is -3.38. The van der Waals surface area contributed by atoms with E-state index in [0.29, 0.717) is 0 Å². The molecule has 0 aliphatic heterocycles. The Labute approximate surface area is 61.8 Å². The van der Waals surface area contributed by atoms with Crippen LogP contribution in [0.1, 0.15) is 13.8 Å². The van der Waals surface area contributed by atoms with Crippen molar-refractivity contribution < 1.29 is 12.6 Å².